The molecule has 1 atom stereocenters. The van der Waals surface area contributed by atoms with E-state index in [1.807, 2.05) is 215 Å². The van der Waals surface area contributed by atoms with Crippen LogP contribution in [0.4, 0.5) is 0 Å². The molecule has 0 aromatic carbocycles. The van der Waals surface area contributed by atoms with Crippen LogP contribution in [-0.2, 0) is 28.4 Å². The highest BCUT2D eigenvalue weighted by atomic mass is 32.2. The summed E-state index contributed by atoms with van der Waals surface area (Å²) in [6.07, 6.45) is 22.3. The Kier molecular flexibility index (Phi) is 373. The molecular formula is C74H192N2O6S2. The second kappa shape index (κ2) is 214. The molecule has 0 N–H and O–H groups in total. The standard InChI is InChI=1S/C6H13N.C5H11N.C5H10O2.C5H10O.C5H10S.C4H8O2.C4H8O.C4H8S.15C2H6.6CH4/c1-7-5-3-2-4-6-7;1-6-4-2-3-5-6;1-5-4-6-2-3-7-5;2*1-2-4-6-5-3-1;1-2-5-4-6-3-1;2*1-2-4-5-3-1;15*1-2;;;;;;/h2-6H2,1H3;2-5H2,1H3;5H,2-4H2,1H3;2*1-5H2;1-4H2;2*1-4H2;15*1-2H3;6*1H4. The van der Waals surface area contributed by atoms with Crippen LogP contribution in [0.25, 0.3) is 0 Å². The monoisotopic (exact) mass is 1270 g/mol. The molecule has 546 valence electrons. The molecule has 8 heterocycles. The second-order valence-corrected chi connectivity index (χ2v) is 15.9. The molecule has 0 amide bonds. The van der Waals surface area contributed by atoms with Crippen LogP contribution >= 0.6 is 23.5 Å². The van der Waals surface area contributed by atoms with E-state index < -0.39 is 0 Å². The van der Waals surface area contributed by atoms with E-state index >= 15 is 0 Å². The number of likely N-dealkylation sites (tertiary alicyclic amines) is 2. The van der Waals surface area contributed by atoms with Gasteiger partial charge >= 0.3 is 0 Å². The minimum absolute atomic E-state index is 0. The Balaban J connectivity index is -0.0000000265. The van der Waals surface area contributed by atoms with E-state index in [4.69, 9.17) is 28.4 Å². The van der Waals surface area contributed by atoms with Gasteiger partial charge in [0.25, 0.3) is 0 Å². The zero-order valence-electron chi connectivity index (χ0n) is 61.8. The summed E-state index contributed by atoms with van der Waals surface area (Å²) >= 11 is 4.17. The van der Waals surface area contributed by atoms with Gasteiger partial charge < -0.3 is 38.2 Å². The summed E-state index contributed by atoms with van der Waals surface area (Å²) in [6.45, 7) is 75.8. The molecule has 0 spiro atoms. The first-order valence-electron chi connectivity index (χ1n) is 34.7. The van der Waals surface area contributed by atoms with Crippen LogP contribution in [-0.4, -0.2) is 145 Å². The number of thioether (sulfide) groups is 2. The first-order chi connectivity index (χ1) is 38.7. The molecule has 8 nitrogen and oxygen atoms in total. The minimum Gasteiger partial charge on any atom is -0.381 e. The summed E-state index contributed by atoms with van der Waals surface area (Å²) in [5.74, 6) is 5.67. The first kappa shape index (κ1) is 146. The van der Waals surface area contributed by atoms with Crippen molar-refractivity contribution >= 4 is 23.5 Å². The predicted molar refractivity (Wildman–Crippen MR) is 419 cm³/mol. The Morgan fingerprint density at radius 1 is 0.250 bits per heavy atom. The van der Waals surface area contributed by atoms with Gasteiger partial charge in [0.15, 0.2) is 0 Å². The van der Waals surface area contributed by atoms with Crippen LogP contribution in [0, 0.1) is 0 Å². The zero-order chi connectivity index (χ0) is 64.4. The highest BCUT2D eigenvalue weighted by Gasteiger charge is 2.06. The molecule has 84 heavy (non-hydrogen) atoms. The number of rotatable bonds is 0. The van der Waals surface area contributed by atoms with Crippen molar-refractivity contribution in [3.63, 3.8) is 0 Å². The van der Waals surface area contributed by atoms with Crippen molar-refractivity contribution in [1.82, 2.24) is 9.80 Å². The van der Waals surface area contributed by atoms with E-state index in [1.54, 1.807) is 0 Å². The molecule has 8 saturated heterocycles. The van der Waals surface area contributed by atoms with Crippen molar-refractivity contribution in [2.45, 2.75) is 368 Å². The average Bonchev–Trinajstić information content (AvgIpc) is 4.47. The number of hydrogen-bond donors (Lipinski definition) is 0. The maximum Gasteiger partial charge on any atom is 0.146 e. The van der Waals surface area contributed by atoms with Gasteiger partial charge in [0.1, 0.15) is 6.79 Å². The molecule has 0 aliphatic carbocycles. The number of hydrogen-bond acceptors (Lipinski definition) is 10. The van der Waals surface area contributed by atoms with Crippen molar-refractivity contribution in [1.29, 1.82) is 0 Å². The lowest BCUT2D eigenvalue weighted by Gasteiger charge is -2.20. The smallest absolute Gasteiger partial charge is 0.146 e. The second-order valence-electron chi connectivity index (χ2n) is 13.4. The van der Waals surface area contributed by atoms with E-state index in [9.17, 15) is 0 Å². The van der Waals surface area contributed by atoms with Crippen LogP contribution in [0.2, 0.25) is 0 Å². The topological polar surface area (TPSA) is 61.9 Å². The molecule has 8 aliphatic rings. The van der Waals surface area contributed by atoms with E-state index in [-0.39, 0.29) is 44.6 Å². The Hall–Kier alpha value is 0.380. The van der Waals surface area contributed by atoms with Gasteiger partial charge in [-0.05, 0) is 160 Å². The van der Waals surface area contributed by atoms with Crippen molar-refractivity contribution in [2.24, 2.45) is 0 Å². The van der Waals surface area contributed by atoms with Crippen LogP contribution in [0.3, 0.4) is 0 Å². The quantitative estimate of drug-likeness (QED) is 0.234. The van der Waals surface area contributed by atoms with Gasteiger partial charge in [-0.1, -0.05) is 265 Å². The van der Waals surface area contributed by atoms with E-state index in [0.29, 0.717) is 12.9 Å². The molecule has 10 heteroatoms. The van der Waals surface area contributed by atoms with Gasteiger partial charge in [-0.15, -0.1) is 0 Å². The van der Waals surface area contributed by atoms with Gasteiger partial charge in [0, 0.05) is 26.4 Å². The predicted octanol–water partition coefficient (Wildman–Crippen LogP) is 27.2. The highest BCUT2D eigenvalue weighted by Crippen LogP contribution is 2.15. The van der Waals surface area contributed by atoms with Crippen LogP contribution in [0.1, 0.15) is 362 Å². The van der Waals surface area contributed by atoms with Gasteiger partial charge in [-0.25, -0.2) is 0 Å². The Bertz CT molecular complexity index is 494. The molecule has 1 unspecified atom stereocenters. The summed E-state index contributed by atoms with van der Waals surface area (Å²) in [6, 6.07) is 0. The fourth-order valence-electron chi connectivity index (χ4n) is 5.37. The van der Waals surface area contributed by atoms with E-state index in [2.05, 4.69) is 47.4 Å². The summed E-state index contributed by atoms with van der Waals surface area (Å²) in [4.78, 5) is 4.75. The number of nitrogens with zero attached hydrogens (tertiary/aromatic N) is 2. The van der Waals surface area contributed by atoms with Crippen molar-refractivity contribution < 1.29 is 28.4 Å². The van der Waals surface area contributed by atoms with Crippen LogP contribution < -0.4 is 0 Å². The Morgan fingerprint density at radius 3 is 0.583 bits per heavy atom. The van der Waals surface area contributed by atoms with Gasteiger partial charge in [0.2, 0.25) is 0 Å². The summed E-state index contributed by atoms with van der Waals surface area (Å²) < 4.78 is 29.9. The number of ether oxygens (including phenoxy) is 6. The van der Waals surface area contributed by atoms with Gasteiger partial charge in [-0.2, -0.15) is 23.5 Å². The molecule has 8 rings (SSSR count). The van der Waals surface area contributed by atoms with Gasteiger partial charge in [-0.3, -0.25) is 0 Å². The van der Waals surface area contributed by atoms with Gasteiger partial charge in [0.05, 0.1) is 39.1 Å². The SMILES string of the molecule is C.C.C.C.C.C.C1CCOC1.C1CCOCC1.C1CCSC1.C1CCSCC1.C1COCOC1.CC.CC.CC.CC.CC.CC.CC.CC.CC.CC.CC.CC.CC.CC.CC.CC1COCCO1.CN1CCCC1.CN1CCCCC1. The van der Waals surface area contributed by atoms with E-state index in [1.165, 1.54) is 146 Å². The summed E-state index contributed by atoms with van der Waals surface area (Å²) in [7, 11) is 4.37. The normalized spacial score (nSPS) is 15.8. The Labute approximate surface area is 556 Å². The molecular weight excluding hydrogens is 1080 g/mol. The lowest BCUT2D eigenvalue weighted by Crippen LogP contribution is -2.25. The molecule has 0 bridgehead atoms. The third-order valence-corrected chi connectivity index (χ3v) is 10.8. The first-order valence-corrected chi connectivity index (χ1v) is 37.0. The minimum atomic E-state index is 0. The molecule has 0 aromatic heterocycles. The lowest BCUT2D eigenvalue weighted by atomic mass is 10.1. The third kappa shape index (κ3) is 207. The van der Waals surface area contributed by atoms with Crippen molar-refractivity contribution in [3.05, 3.63) is 0 Å². The third-order valence-electron chi connectivity index (χ3n) is 8.45. The molecule has 0 radical (unpaired) electrons. The molecule has 0 aromatic rings. The summed E-state index contributed by atoms with van der Waals surface area (Å²) in [5.41, 5.74) is 0. The van der Waals surface area contributed by atoms with Crippen LogP contribution in [0.15, 0.2) is 0 Å². The Morgan fingerprint density at radius 2 is 0.476 bits per heavy atom. The molecule has 8 aliphatic heterocycles. The highest BCUT2D eigenvalue weighted by molar-refractivity contribution is 7.99. The number of piperidine rings is 1. The van der Waals surface area contributed by atoms with Crippen molar-refractivity contribution in [3.8, 4) is 0 Å². The zero-order valence-corrected chi connectivity index (χ0v) is 63.4. The molecule has 0 saturated carbocycles. The fourth-order valence-corrected chi connectivity index (χ4v) is 7.41. The fraction of sp³-hybridized carbons (Fsp3) is 1.00. The average molecular weight is 1270 g/mol. The molecule has 8 fully saturated rings. The van der Waals surface area contributed by atoms with Crippen LogP contribution in [0.5, 0.6) is 0 Å². The maximum atomic E-state index is 5.15. The maximum absolute atomic E-state index is 5.15. The summed E-state index contributed by atoms with van der Waals surface area (Å²) in [5, 5.41) is 0. The lowest BCUT2D eigenvalue weighted by molar-refractivity contribution is -0.0963. The van der Waals surface area contributed by atoms with Crippen molar-refractivity contribution in [2.75, 3.05) is 130 Å². The van der Waals surface area contributed by atoms with E-state index in [0.717, 1.165) is 65.9 Å². The largest absolute Gasteiger partial charge is 0.381 e.